The number of nitrogens with zero attached hydrogens (tertiary/aromatic N) is 3. The third kappa shape index (κ3) is 1.66. The summed E-state index contributed by atoms with van der Waals surface area (Å²) in [6.07, 6.45) is 3.76. The molecule has 0 radical (unpaired) electrons. The SMILES string of the molecule is Cc1nnc(N2CCCCC2C)o1. The summed E-state index contributed by atoms with van der Waals surface area (Å²) in [4.78, 5) is 2.20. The van der Waals surface area contributed by atoms with Crippen molar-refractivity contribution in [2.45, 2.75) is 39.2 Å². The van der Waals surface area contributed by atoms with Gasteiger partial charge in [-0.15, -0.1) is 5.10 Å². The molecule has 1 saturated heterocycles. The highest BCUT2D eigenvalue weighted by Crippen LogP contribution is 2.22. The van der Waals surface area contributed by atoms with Crippen LogP contribution in [-0.4, -0.2) is 22.8 Å². The lowest BCUT2D eigenvalue weighted by molar-refractivity contribution is 0.427. The minimum absolute atomic E-state index is 0.536. The number of piperidine rings is 1. The van der Waals surface area contributed by atoms with Gasteiger partial charge in [0.15, 0.2) is 0 Å². The smallest absolute Gasteiger partial charge is 0.318 e. The van der Waals surface area contributed by atoms with Crippen molar-refractivity contribution in [3.63, 3.8) is 0 Å². The molecular weight excluding hydrogens is 166 g/mol. The van der Waals surface area contributed by atoms with Gasteiger partial charge in [0.25, 0.3) is 0 Å². The van der Waals surface area contributed by atoms with Crippen LogP contribution in [-0.2, 0) is 0 Å². The highest BCUT2D eigenvalue weighted by molar-refractivity contribution is 5.26. The first-order valence-corrected chi connectivity index (χ1v) is 4.84. The van der Waals surface area contributed by atoms with Crippen LogP contribution < -0.4 is 4.90 Å². The van der Waals surface area contributed by atoms with Crippen LogP contribution in [0.1, 0.15) is 32.1 Å². The zero-order valence-electron chi connectivity index (χ0n) is 8.16. The molecule has 1 atom stereocenters. The molecule has 4 nitrogen and oxygen atoms in total. The molecule has 2 rings (SSSR count). The molecule has 0 saturated carbocycles. The summed E-state index contributed by atoms with van der Waals surface area (Å²) in [5.41, 5.74) is 0. The topological polar surface area (TPSA) is 42.2 Å². The number of aryl methyl sites for hydroxylation is 1. The van der Waals surface area contributed by atoms with Crippen molar-refractivity contribution in [1.29, 1.82) is 0 Å². The zero-order chi connectivity index (χ0) is 9.26. The van der Waals surface area contributed by atoms with Gasteiger partial charge in [0, 0.05) is 19.5 Å². The van der Waals surface area contributed by atoms with Gasteiger partial charge in [-0.3, -0.25) is 0 Å². The average molecular weight is 181 g/mol. The van der Waals surface area contributed by atoms with E-state index in [4.69, 9.17) is 4.42 Å². The molecule has 13 heavy (non-hydrogen) atoms. The maximum atomic E-state index is 5.40. The van der Waals surface area contributed by atoms with Gasteiger partial charge in [0.2, 0.25) is 5.89 Å². The molecule has 1 fully saturated rings. The van der Waals surface area contributed by atoms with Gasteiger partial charge in [-0.1, -0.05) is 5.10 Å². The van der Waals surface area contributed by atoms with Gasteiger partial charge in [0.1, 0.15) is 0 Å². The van der Waals surface area contributed by atoms with E-state index in [9.17, 15) is 0 Å². The lowest BCUT2D eigenvalue weighted by Crippen LogP contribution is -2.37. The molecule has 0 aromatic carbocycles. The van der Waals surface area contributed by atoms with E-state index in [1.807, 2.05) is 6.92 Å². The van der Waals surface area contributed by atoms with Crippen LogP contribution >= 0.6 is 0 Å². The highest BCUT2D eigenvalue weighted by atomic mass is 16.4. The molecule has 1 aromatic rings. The Labute approximate surface area is 77.9 Å². The van der Waals surface area contributed by atoms with Crippen molar-refractivity contribution < 1.29 is 4.42 Å². The molecule has 0 spiro atoms. The highest BCUT2D eigenvalue weighted by Gasteiger charge is 2.22. The third-order valence-corrected chi connectivity index (χ3v) is 2.56. The Morgan fingerprint density at radius 3 is 2.85 bits per heavy atom. The van der Waals surface area contributed by atoms with Crippen molar-refractivity contribution in [1.82, 2.24) is 10.2 Å². The van der Waals surface area contributed by atoms with Crippen molar-refractivity contribution in [3.05, 3.63) is 5.89 Å². The van der Waals surface area contributed by atoms with Gasteiger partial charge >= 0.3 is 6.01 Å². The van der Waals surface area contributed by atoms with E-state index in [-0.39, 0.29) is 0 Å². The zero-order valence-corrected chi connectivity index (χ0v) is 8.16. The van der Waals surface area contributed by atoms with Crippen molar-refractivity contribution in [3.8, 4) is 0 Å². The molecule has 0 aliphatic carbocycles. The maximum Gasteiger partial charge on any atom is 0.318 e. The Hall–Kier alpha value is -1.06. The monoisotopic (exact) mass is 181 g/mol. The van der Waals surface area contributed by atoms with Crippen LogP contribution in [0.5, 0.6) is 0 Å². The molecule has 1 unspecified atom stereocenters. The van der Waals surface area contributed by atoms with E-state index >= 15 is 0 Å². The first-order chi connectivity index (χ1) is 6.27. The Bertz CT molecular complexity index is 284. The Kier molecular flexibility index (Phi) is 2.20. The maximum absolute atomic E-state index is 5.40. The summed E-state index contributed by atoms with van der Waals surface area (Å²) in [5, 5.41) is 7.87. The van der Waals surface area contributed by atoms with Gasteiger partial charge in [-0.05, 0) is 26.2 Å². The van der Waals surface area contributed by atoms with Crippen LogP contribution in [0.4, 0.5) is 6.01 Å². The van der Waals surface area contributed by atoms with E-state index in [0.29, 0.717) is 17.9 Å². The van der Waals surface area contributed by atoms with Crippen LogP contribution in [0, 0.1) is 6.92 Å². The summed E-state index contributed by atoms with van der Waals surface area (Å²) in [7, 11) is 0. The van der Waals surface area contributed by atoms with E-state index in [1.54, 1.807) is 0 Å². The molecule has 1 aliphatic rings. The predicted molar refractivity (Wildman–Crippen MR) is 49.7 cm³/mol. The fourth-order valence-electron chi connectivity index (χ4n) is 1.78. The van der Waals surface area contributed by atoms with Crippen LogP contribution in [0.2, 0.25) is 0 Å². The number of aromatic nitrogens is 2. The minimum atomic E-state index is 0.536. The van der Waals surface area contributed by atoms with Gasteiger partial charge in [-0.2, -0.15) is 0 Å². The van der Waals surface area contributed by atoms with Crippen LogP contribution in [0.15, 0.2) is 4.42 Å². The predicted octanol–water partition coefficient (Wildman–Crippen LogP) is 1.76. The number of rotatable bonds is 1. The Morgan fingerprint density at radius 1 is 1.38 bits per heavy atom. The molecular formula is C9H15N3O. The van der Waals surface area contributed by atoms with E-state index in [0.717, 1.165) is 6.54 Å². The standard InChI is InChI=1S/C9H15N3O/c1-7-5-3-4-6-12(7)9-11-10-8(2)13-9/h7H,3-6H2,1-2H3. The second-order valence-corrected chi connectivity index (χ2v) is 3.64. The second-order valence-electron chi connectivity index (χ2n) is 3.64. The fraction of sp³-hybridized carbons (Fsp3) is 0.778. The normalized spacial score (nSPS) is 23.5. The molecule has 0 bridgehead atoms. The molecule has 4 heteroatoms. The first kappa shape index (κ1) is 8.53. The van der Waals surface area contributed by atoms with Crippen molar-refractivity contribution in [2.24, 2.45) is 0 Å². The number of hydrogen-bond donors (Lipinski definition) is 0. The summed E-state index contributed by atoms with van der Waals surface area (Å²) in [6, 6.07) is 1.22. The lowest BCUT2D eigenvalue weighted by atomic mass is 10.0. The molecule has 0 N–H and O–H groups in total. The number of anilines is 1. The van der Waals surface area contributed by atoms with Gasteiger partial charge < -0.3 is 9.32 Å². The lowest BCUT2D eigenvalue weighted by Gasteiger charge is -2.31. The van der Waals surface area contributed by atoms with Gasteiger partial charge in [0.05, 0.1) is 0 Å². The summed E-state index contributed by atoms with van der Waals surface area (Å²) in [5.74, 6) is 0.646. The molecule has 1 aromatic heterocycles. The van der Waals surface area contributed by atoms with Crippen LogP contribution in [0.25, 0.3) is 0 Å². The summed E-state index contributed by atoms with van der Waals surface area (Å²) >= 11 is 0. The Balaban J connectivity index is 2.14. The van der Waals surface area contributed by atoms with Crippen LogP contribution in [0.3, 0.4) is 0 Å². The quantitative estimate of drug-likeness (QED) is 0.662. The minimum Gasteiger partial charge on any atom is -0.408 e. The number of hydrogen-bond acceptors (Lipinski definition) is 4. The summed E-state index contributed by atoms with van der Waals surface area (Å²) < 4.78 is 5.40. The molecule has 1 aliphatic heterocycles. The van der Waals surface area contributed by atoms with E-state index in [1.165, 1.54) is 19.3 Å². The van der Waals surface area contributed by atoms with Gasteiger partial charge in [-0.25, -0.2) is 0 Å². The molecule has 72 valence electrons. The second kappa shape index (κ2) is 3.36. The average Bonchev–Trinajstić information content (AvgIpc) is 2.53. The first-order valence-electron chi connectivity index (χ1n) is 4.84. The third-order valence-electron chi connectivity index (χ3n) is 2.56. The van der Waals surface area contributed by atoms with Crippen molar-refractivity contribution in [2.75, 3.05) is 11.4 Å². The van der Waals surface area contributed by atoms with E-state index in [2.05, 4.69) is 22.0 Å². The Morgan fingerprint density at radius 2 is 2.23 bits per heavy atom. The summed E-state index contributed by atoms with van der Waals surface area (Å²) in [6.45, 7) is 5.08. The largest absolute Gasteiger partial charge is 0.408 e. The molecule has 2 heterocycles. The molecule has 0 amide bonds. The van der Waals surface area contributed by atoms with Crippen molar-refractivity contribution >= 4 is 6.01 Å². The van der Waals surface area contributed by atoms with E-state index < -0.39 is 0 Å². The fourth-order valence-corrected chi connectivity index (χ4v) is 1.78.